The van der Waals surface area contributed by atoms with E-state index in [0.717, 1.165) is 0 Å². The first-order chi connectivity index (χ1) is 7.34. The summed E-state index contributed by atoms with van der Waals surface area (Å²) in [6.07, 6.45) is 0. The molecule has 0 aliphatic rings. The van der Waals surface area contributed by atoms with Crippen molar-refractivity contribution in [3.8, 4) is 0 Å². The number of amides is 1. The van der Waals surface area contributed by atoms with Crippen LogP contribution in [0.2, 0.25) is 0 Å². The SMILES string of the molecule is CC(=O)Nc1c(Br)cc(Br)c(C(=O)[O-])c1Br. The predicted molar refractivity (Wildman–Crippen MR) is 68.2 cm³/mol. The highest BCUT2D eigenvalue weighted by atomic mass is 79.9. The number of rotatable bonds is 2. The second-order valence-corrected chi connectivity index (χ2v) is 5.37. The van der Waals surface area contributed by atoms with Crippen LogP contribution in [0.25, 0.3) is 0 Å². The average Bonchev–Trinajstić information content (AvgIpc) is 2.10. The molecule has 4 nitrogen and oxygen atoms in total. The topological polar surface area (TPSA) is 69.2 Å². The molecule has 1 N–H and O–H groups in total. The van der Waals surface area contributed by atoms with Gasteiger partial charge in [-0.2, -0.15) is 0 Å². The lowest BCUT2D eigenvalue weighted by Gasteiger charge is -2.15. The van der Waals surface area contributed by atoms with Crippen LogP contribution in [0.15, 0.2) is 19.5 Å². The molecule has 0 saturated carbocycles. The van der Waals surface area contributed by atoms with Crippen LogP contribution in [-0.4, -0.2) is 11.9 Å². The molecule has 7 heteroatoms. The van der Waals surface area contributed by atoms with Crippen molar-refractivity contribution in [2.45, 2.75) is 6.92 Å². The minimum absolute atomic E-state index is 0.0491. The van der Waals surface area contributed by atoms with Crippen LogP contribution in [0.4, 0.5) is 5.69 Å². The fraction of sp³-hybridized carbons (Fsp3) is 0.111. The van der Waals surface area contributed by atoms with E-state index in [0.29, 0.717) is 14.6 Å². The number of hydrogen-bond donors (Lipinski definition) is 1. The average molecular weight is 415 g/mol. The van der Waals surface area contributed by atoms with Crippen LogP contribution in [0.1, 0.15) is 17.3 Å². The van der Waals surface area contributed by atoms with Crippen molar-refractivity contribution in [3.05, 3.63) is 25.0 Å². The Kier molecular flexibility index (Phi) is 4.52. The molecule has 1 rings (SSSR count). The lowest BCUT2D eigenvalue weighted by atomic mass is 10.2. The summed E-state index contributed by atoms with van der Waals surface area (Å²) < 4.78 is 1.18. The van der Waals surface area contributed by atoms with E-state index in [1.54, 1.807) is 0 Å². The van der Waals surface area contributed by atoms with Crippen molar-refractivity contribution in [1.29, 1.82) is 0 Å². The highest BCUT2D eigenvalue weighted by Gasteiger charge is 2.15. The Morgan fingerprint density at radius 2 is 1.81 bits per heavy atom. The number of nitrogens with one attached hydrogen (secondary N) is 1. The van der Waals surface area contributed by atoms with E-state index >= 15 is 0 Å². The fourth-order valence-corrected chi connectivity index (χ4v) is 3.71. The zero-order valence-electron chi connectivity index (χ0n) is 7.94. The molecule has 0 unspecified atom stereocenters. The zero-order valence-corrected chi connectivity index (χ0v) is 12.7. The number of carboxylic acids is 1. The molecule has 16 heavy (non-hydrogen) atoms. The largest absolute Gasteiger partial charge is 0.545 e. The molecule has 0 spiro atoms. The maximum Gasteiger partial charge on any atom is 0.221 e. The van der Waals surface area contributed by atoms with Gasteiger partial charge in [-0.3, -0.25) is 4.79 Å². The van der Waals surface area contributed by atoms with Crippen LogP contribution < -0.4 is 10.4 Å². The van der Waals surface area contributed by atoms with Crippen molar-refractivity contribution in [2.24, 2.45) is 0 Å². The van der Waals surface area contributed by atoms with Gasteiger partial charge < -0.3 is 15.2 Å². The predicted octanol–water partition coefficient (Wildman–Crippen LogP) is 2.30. The molecule has 0 heterocycles. The summed E-state index contributed by atoms with van der Waals surface area (Å²) in [5.41, 5.74) is 0.307. The first-order valence-corrected chi connectivity index (χ1v) is 6.39. The Labute approximate surface area is 117 Å². The summed E-state index contributed by atoms with van der Waals surface area (Å²) in [5.74, 6) is -1.63. The molecule has 0 aliphatic carbocycles. The quantitative estimate of drug-likeness (QED) is 0.807. The number of carbonyl (C=O) groups is 2. The first kappa shape index (κ1) is 13.7. The highest BCUT2D eigenvalue weighted by molar-refractivity contribution is 9.11. The van der Waals surface area contributed by atoms with E-state index in [2.05, 4.69) is 53.1 Å². The molecular weight excluding hydrogens is 410 g/mol. The second kappa shape index (κ2) is 5.29. The zero-order chi connectivity index (χ0) is 12.5. The number of aromatic carboxylic acids is 1. The molecule has 1 amide bonds. The fourth-order valence-electron chi connectivity index (χ4n) is 1.07. The van der Waals surface area contributed by atoms with E-state index in [-0.39, 0.29) is 15.9 Å². The Bertz CT molecular complexity index is 474. The number of halogens is 3. The molecule has 86 valence electrons. The molecule has 1 aromatic carbocycles. The van der Waals surface area contributed by atoms with Gasteiger partial charge in [-0.1, -0.05) is 15.9 Å². The van der Waals surface area contributed by atoms with Crippen molar-refractivity contribution < 1.29 is 14.7 Å². The lowest BCUT2D eigenvalue weighted by molar-refractivity contribution is -0.255. The van der Waals surface area contributed by atoms with Gasteiger partial charge in [-0.05, 0) is 37.9 Å². The normalized spacial score (nSPS) is 10.0. The minimum Gasteiger partial charge on any atom is -0.545 e. The number of anilines is 1. The van der Waals surface area contributed by atoms with Crippen molar-refractivity contribution >= 4 is 65.4 Å². The number of hydrogen-bond acceptors (Lipinski definition) is 3. The van der Waals surface area contributed by atoms with Gasteiger partial charge in [0.25, 0.3) is 0 Å². The standard InChI is InChI=1S/C9H6Br3NO3/c1-3(14)13-8-5(11)2-4(10)6(7(8)12)9(15)16/h2H,1H3,(H,13,14)(H,15,16)/p-1. The molecule has 0 aromatic heterocycles. The molecule has 0 bridgehead atoms. The van der Waals surface area contributed by atoms with Crippen LogP contribution in [0, 0.1) is 0 Å². The second-order valence-electron chi connectivity index (χ2n) is 2.87. The third kappa shape index (κ3) is 2.83. The number of benzene rings is 1. The van der Waals surface area contributed by atoms with Gasteiger partial charge in [0.2, 0.25) is 5.91 Å². The van der Waals surface area contributed by atoms with Crippen molar-refractivity contribution in [2.75, 3.05) is 5.32 Å². The van der Waals surface area contributed by atoms with Gasteiger partial charge in [-0.25, -0.2) is 0 Å². The van der Waals surface area contributed by atoms with Crippen molar-refractivity contribution in [3.63, 3.8) is 0 Å². The summed E-state index contributed by atoms with van der Waals surface area (Å²) in [4.78, 5) is 21.8. The van der Waals surface area contributed by atoms with Crippen LogP contribution in [0.5, 0.6) is 0 Å². The Morgan fingerprint density at radius 3 is 2.25 bits per heavy atom. The molecule has 0 radical (unpaired) electrons. The molecule has 1 aromatic rings. The first-order valence-electron chi connectivity index (χ1n) is 4.01. The van der Waals surface area contributed by atoms with Crippen LogP contribution >= 0.6 is 47.8 Å². The van der Waals surface area contributed by atoms with E-state index in [4.69, 9.17) is 0 Å². The van der Waals surface area contributed by atoms with Gasteiger partial charge in [0.15, 0.2) is 0 Å². The number of carboxylic acid groups (broad SMARTS) is 1. The molecule has 0 aliphatic heterocycles. The van der Waals surface area contributed by atoms with E-state index in [1.807, 2.05) is 0 Å². The monoisotopic (exact) mass is 412 g/mol. The molecule has 0 fully saturated rings. The maximum absolute atomic E-state index is 11.0. The highest BCUT2D eigenvalue weighted by Crippen LogP contribution is 2.38. The lowest BCUT2D eigenvalue weighted by Crippen LogP contribution is -2.24. The summed E-state index contributed by atoms with van der Waals surface area (Å²) >= 11 is 9.44. The van der Waals surface area contributed by atoms with Gasteiger partial charge >= 0.3 is 0 Å². The number of carbonyl (C=O) groups excluding carboxylic acids is 2. The van der Waals surface area contributed by atoms with E-state index in [9.17, 15) is 14.7 Å². The van der Waals surface area contributed by atoms with Gasteiger partial charge in [-0.15, -0.1) is 0 Å². The summed E-state index contributed by atoms with van der Waals surface area (Å²) in [7, 11) is 0. The summed E-state index contributed by atoms with van der Waals surface area (Å²) in [6.45, 7) is 1.33. The minimum atomic E-state index is -1.34. The van der Waals surface area contributed by atoms with Gasteiger partial charge in [0.1, 0.15) is 0 Å². The third-order valence-corrected chi connectivity index (χ3v) is 3.72. The van der Waals surface area contributed by atoms with Crippen LogP contribution in [-0.2, 0) is 4.79 Å². The van der Waals surface area contributed by atoms with Gasteiger partial charge in [0, 0.05) is 21.4 Å². The smallest absolute Gasteiger partial charge is 0.221 e. The summed E-state index contributed by atoms with van der Waals surface area (Å²) in [6, 6.07) is 1.53. The maximum atomic E-state index is 11.0. The Hall–Kier alpha value is -0.400. The molecule has 0 atom stereocenters. The Morgan fingerprint density at radius 1 is 1.25 bits per heavy atom. The van der Waals surface area contributed by atoms with E-state index in [1.165, 1.54) is 13.0 Å². The molecule has 0 saturated heterocycles. The van der Waals surface area contributed by atoms with Gasteiger partial charge in [0.05, 0.1) is 16.1 Å². The Balaban J connectivity index is 3.44. The van der Waals surface area contributed by atoms with E-state index < -0.39 is 5.97 Å². The van der Waals surface area contributed by atoms with Crippen molar-refractivity contribution in [1.82, 2.24) is 0 Å². The summed E-state index contributed by atoms with van der Waals surface area (Å²) in [5, 5.41) is 13.4. The van der Waals surface area contributed by atoms with Crippen LogP contribution in [0.3, 0.4) is 0 Å². The molecular formula is C9H5Br3NO3-. The third-order valence-electron chi connectivity index (χ3n) is 1.68.